The van der Waals surface area contributed by atoms with Crippen LogP contribution in [-0.2, 0) is 0 Å². The molecule has 0 heterocycles. The second-order valence-electron chi connectivity index (χ2n) is 3.88. The summed E-state index contributed by atoms with van der Waals surface area (Å²) in [6.07, 6.45) is -4.97. The Kier molecular flexibility index (Phi) is 3.65. The number of carboxylic acids is 1. The van der Waals surface area contributed by atoms with Gasteiger partial charge in [0, 0.05) is 5.56 Å². The highest BCUT2D eigenvalue weighted by Crippen LogP contribution is 2.33. The molecule has 0 fully saturated rings. The molecule has 6 heteroatoms. The number of benzene rings is 2. The molecule has 2 aromatic carbocycles. The van der Waals surface area contributed by atoms with Gasteiger partial charge in [-0.05, 0) is 17.2 Å². The summed E-state index contributed by atoms with van der Waals surface area (Å²) in [4.78, 5) is 11.1. The molecule has 0 aliphatic heterocycles. The molecule has 0 atom stereocenters. The third-order valence-corrected chi connectivity index (χ3v) is 2.54. The zero-order valence-electron chi connectivity index (χ0n) is 9.98. The van der Waals surface area contributed by atoms with Crippen LogP contribution >= 0.6 is 0 Å². The van der Waals surface area contributed by atoms with Crippen LogP contribution in [0.5, 0.6) is 5.75 Å². The standard InChI is InChI=1S/C14H9F3O3/c15-14(16,17)20-11-8-4-7-10(12(11)13(18)19)9-5-2-1-3-6-9/h1-8H,(H,18,19)/p-1. The summed E-state index contributed by atoms with van der Waals surface area (Å²) in [5, 5.41) is 11.1. The number of aromatic carboxylic acids is 1. The van der Waals surface area contributed by atoms with E-state index in [4.69, 9.17) is 0 Å². The number of carbonyl (C=O) groups is 1. The number of hydrogen-bond donors (Lipinski definition) is 0. The topological polar surface area (TPSA) is 49.4 Å². The Morgan fingerprint density at radius 3 is 2.20 bits per heavy atom. The molecule has 0 saturated heterocycles. The summed E-state index contributed by atoms with van der Waals surface area (Å²) < 4.78 is 40.6. The van der Waals surface area contributed by atoms with Gasteiger partial charge >= 0.3 is 6.36 Å². The highest BCUT2D eigenvalue weighted by atomic mass is 19.4. The average molecular weight is 281 g/mol. The summed E-state index contributed by atoms with van der Waals surface area (Å²) in [5.74, 6) is -2.53. The monoisotopic (exact) mass is 281 g/mol. The Hall–Kier alpha value is -2.50. The Morgan fingerprint density at radius 1 is 1.00 bits per heavy atom. The number of halogens is 3. The normalized spacial score (nSPS) is 11.2. The van der Waals surface area contributed by atoms with Gasteiger partial charge < -0.3 is 14.6 Å². The van der Waals surface area contributed by atoms with Gasteiger partial charge in [-0.2, -0.15) is 0 Å². The molecule has 2 rings (SSSR count). The fourth-order valence-corrected chi connectivity index (χ4v) is 1.81. The van der Waals surface area contributed by atoms with Gasteiger partial charge in [-0.25, -0.2) is 0 Å². The van der Waals surface area contributed by atoms with Crippen molar-refractivity contribution < 1.29 is 27.8 Å². The van der Waals surface area contributed by atoms with Gasteiger partial charge in [0.2, 0.25) is 0 Å². The molecule has 0 aliphatic carbocycles. The van der Waals surface area contributed by atoms with Crippen molar-refractivity contribution in [2.45, 2.75) is 6.36 Å². The summed E-state index contributed by atoms with van der Waals surface area (Å²) in [5.41, 5.74) is -0.0669. The third kappa shape index (κ3) is 3.09. The summed E-state index contributed by atoms with van der Waals surface area (Å²) in [7, 11) is 0. The Labute approximate surface area is 112 Å². The van der Waals surface area contributed by atoms with E-state index < -0.39 is 23.6 Å². The molecule has 0 amide bonds. The van der Waals surface area contributed by atoms with Crippen LogP contribution < -0.4 is 9.84 Å². The molecule has 104 valence electrons. The zero-order chi connectivity index (χ0) is 14.8. The molecule has 0 aromatic heterocycles. The zero-order valence-corrected chi connectivity index (χ0v) is 9.98. The predicted molar refractivity (Wildman–Crippen MR) is 62.9 cm³/mol. The quantitative estimate of drug-likeness (QED) is 0.869. The molecule has 20 heavy (non-hydrogen) atoms. The number of carbonyl (C=O) groups excluding carboxylic acids is 1. The fraction of sp³-hybridized carbons (Fsp3) is 0.0714. The first-order valence-corrected chi connectivity index (χ1v) is 5.54. The van der Waals surface area contributed by atoms with E-state index in [9.17, 15) is 23.1 Å². The predicted octanol–water partition coefficient (Wildman–Crippen LogP) is 2.62. The summed E-state index contributed by atoms with van der Waals surface area (Å²) >= 11 is 0. The Bertz CT molecular complexity index is 621. The SMILES string of the molecule is O=C([O-])c1c(OC(F)(F)F)cccc1-c1ccccc1. The van der Waals surface area contributed by atoms with Crippen LogP contribution in [0.4, 0.5) is 13.2 Å². The second kappa shape index (κ2) is 5.24. The van der Waals surface area contributed by atoms with Gasteiger partial charge in [0.05, 0.1) is 5.97 Å². The van der Waals surface area contributed by atoms with E-state index >= 15 is 0 Å². The fourth-order valence-electron chi connectivity index (χ4n) is 1.81. The molecule has 0 bridgehead atoms. The van der Waals surface area contributed by atoms with E-state index in [-0.39, 0.29) is 5.56 Å². The minimum Gasteiger partial charge on any atom is -0.545 e. The van der Waals surface area contributed by atoms with Crippen molar-refractivity contribution in [3.05, 3.63) is 54.1 Å². The minimum absolute atomic E-state index is 0.104. The second-order valence-corrected chi connectivity index (χ2v) is 3.88. The van der Waals surface area contributed by atoms with Gasteiger partial charge in [-0.15, -0.1) is 13.2 Å². The number of ether oxygens (including phenoxy) is 1. The van der Waals surface area contributed by atoms with Crippen LogP contribution in [0.25, 0.3) is 11.1 Å². The van der Waals surface area contributed by atoms with Crippen molar-refractivity contribution in [2.24, 2.45) is 0 Å². The maximum Gasteiger partial charge on any atom is 0.573 e. The molecule has 0 spiro atoms. The highest BCUT2D eigenvalue weighted by Gasteiger charge is 2.32. The van der Waals surface area contributed by atoms with Crippen molar-refractivity contribution >= 4 is 5.97 Å². The molecule has 2 aromatic rings. The number of hydrogen-bond acceptors (Lipinski definition) is 3. The first-order valence-electron chi connectivity index (χ1n) is 5.54. The largest absolute Gasteiger partial charge is 0.573 e. The molecule has 0 unspecified atom stereocenters. The lowest BCUT2D eigenvalue weighted by Crippen LogP contribution is -2.26. The lowest BCUT2D eigenvalue weighted by molar-refractivity contribution is -0.276. The van der Waals surface area contributed by atoms with E-state index in [1.807, 2.05) is 0 Å². The van der Waals surface area contributed by atoms with Gasteiger partial charge in [0.1, 0.15) is 5.75 Å². The van der Waals surface area contributed by atoms with Crippen LogP contribution in [0.15, 0.2) is 48.5 Å². The number of carboxylic acid groups (broad SMARTS) is 1. The first kappa shape index (κ1) is 13.9. The number of alkyl halides is 3. The van der Waals surface area contributed by atoms with E-state index in [2.05, 4.69) is 4.74 Å². The Balaban J connectivity index is 2.59. The van der Waals surface area contributed by atoms with Crippen LogP contribution in [0.1, 0.15) is 10.4 Å². The lowest BCUT2D eigenvalue weighted by atomic mass is 9.99. The highest BCUT2D eigenvalue weighted by molar-refractivity contribution is 5.97. The van der Waals surface area contributed by atoms with Gasteiger partial charge in [0.15, 0.2) is 0 Å². The van der Waals surface area contributed by atoms with E-state index in [1.165, 1.54) is 12.1 Å². The molecule has 0 N–H and O–H groups in total. The van der Waals surface area contributed by atoms with E-state index in [0.29, 0.717) is 5.56 Å². The van der Waals surface area contributed by atoms with Crippen molar-refractivity contribution in [1.29, 1.82) is 0 Å². The van der Waals surface area contributed by atoms with Crippen molar-refractivity contribution in [2.75, 3.05) is 0 Å². The molecule has 0 radical (unpaired) electrons. The maximum atomic E-state index is 12.3. The van der Waals surface area contributed by atoms with Crippen LogP contribution in [0.2, 0.25) is 0 Å². The Morgan fingerprint density at radius 2 is 1.65 bits per heavy atom. The average Bonchev–Trinajstić information content (AvgIpc) is 2.37. The maximum absolute atomic E-state index is 12.3. The van der Waals surface area contributed by atoms with Crippen molar-refractivity contribution in [3.63, 3.8) is 0 Å². The van der Waals surface area contributed by atoms with Gasteiger partial charge in [-0.3, -0.25) is 0 Å². The van der Waals surface area contributed by atoms with Crippen molar-refractivity contribution in [3.8, 4) is 16.9 Å². The van der Waals surface area contributed by atoms with Crippen LogP contribution in [0, 0.1) is 0 Å². The van der Waals surface area contributed by atoms with E-state index in [1.54, 1.807) is 30.3 Å². The van der Waals surface area contributed by atoms with Crippen LogP contribution in [-0.4, -0.2) is 12.3 Å². The number of rotatable bonds is 3. The lowest BCUT2D eigenvalue weighted by Gasteiger charge is -2.17. The minimum atomic E-state index is -4.97. The molecule has 3 nitrogen and oxygen atoms in total. The summed E-state index contributed by atoms with van der Waals surface area (Å²) in [6, 6.07) is 11.8. The van der Waals surface area contributed by atoms with E-state index in [0.717, 1.165) is 6.07 Å². The smallest absolute Gasteiger partial charge is 0.545 e. The molecule has 0 aliphatic rings. The molecular weight excluding hydrogens is 273 g/mol. The third-order valence-electron chi connectivity index (χ3n) is 2.54. The van der Waals surface area contributed by atoms with Gasteiger partial charge in [-0.1, -0.05) is 42.5 Å². The first-order chi connectivity index (χ1) is 9.38. The molecular formula is C14H8F3O3-. The van der Waals surface area contributed by atoms with Crippen molar-refractivity contribution in [1.82, 2.24) is 0 Å². The summed E-state index contributed by atoms with van der Waals surface area (Å²) in [6.45, 7) is 0. The molecule has 0 saturated carbocycles. The van der Waals surface area contributed by atoms with Crippen LogP contribution in [0.3, 0.4) is 0 Å². The van der Waals surface area contributed by atoms with Gasteiger partial charge in [0.25, 0.3) is 0 Å².